The number of hydrogen-bond acceptors (Lipinski definition) is 6. The number of allylic oxidation sites excluding steroid dienone is 1. The Hall–Kier alpha value is -1.96. The Kier molecular flexibility index (Phi) is 4.34. The van der Waals surface area contributed by atoms with Crippen molar-refractivity contribution >= 4 is 21.7 Å². The van der Waals surface area contributed by atoms with Gasteiger partial charge in [-0.15, -0.1) is 0 Å². The Bertz CT molecular complexity index is 724. The first-order chi connectivity index (χ1) is 10.9. The van der Waals surface area contributed by atoms with Crippen LogP contribution in [0.15, 0.2) is 23.7 Å². The molecule has 1 aromatic heterocycles. The average Bonchev–Trinajstić information content (AvgIpc) is 2.86. The molecule has 2 N–H and O–H groups in total. The number of carbonyl (C=O) groups excluding carboxylic acids is 1. The molecule has 0 aliphatic carbocycles. The van der Waals surface area contributed by atoms with Crippen LogP contribution in [-0.2, 0) is 14.6 Å². The summed E-state index contributed by atoms with van der Waals surface area (Å²) in [6.45, 7) is 1.33. The van der Waals surface area contributed by atoms with Crippen molar-refractivity contribution < 1.29 is 13.2 Å². The SMILES string of the molecule is Nc1nccc(C2CCN(C(=O)CC3C=CS(=O)(=O)C3)CC2)n1. The summed E-state index contributed by atoms with van der Waals surface area (Å²) >= 11 is 0. The molecule has 0 radical (unpaired) electrons. The molecule has 3 heterocycles. The third kappa shape index (κ3) is 3.87. The van der Waals surface area contributed by atoms with Crippen LogP contribution >= 0.6 is 0 Å². The molecule has 1 fully saturated rings. The van der Waals surface area contributed by atoms with E-state index in [1.807, 2.05) is 11.0 Å². The molecule has 2 aliphatic heterocycles. The van der Waals surface area contributed by atoms with Gasteiger partial charge < -0.3 is 10.6 Å². The van der Waals surface area contributed by atoms with Gasteiger partial charge in [0.05, 0.1) is 5.75 Å². The number of carbonyl (C=O) groups is 1. The van der Waals surface area contributed by atoms with E-state index in [2.05, 4.69) is 9.97 Å². The number of anilines is 1. The molecule has 1 saturated heterocycles. The van der Waals surface area contributed by atoms with E-state index in [0.717, 1.165) is 18.5 Å². The first-order valence-electron chi connectivity index (χ1n) is 7.70. The summed E-state index contributed by atoms with van der Waals surface area (Å²) in [4.78, 5) is 22.3. The van der Waals surface area contributed by atoms with Crippen LogP contribution in [0, 0.1) is 5.92 Å². The van der Waals surface area contributed by atoms with Crippen LogP contribution < -0.4 is 5.73 Å². The van der Waals surface area contributed by atoms with Gasteiger partial charge in [0, 0.05) is 48.6 Å². The van der Waals surface area contributed by atoms with Crippen molar-refractivity contribution in [3.63, 3.8) is 0 Å². The number of amides is 1. The number of nitrogens with two attached hydrogens (primary N) is 1. The van der Waals surface area contributed by atoms with E-state index < -0.39 is 9.84 Å². The van der Waals surface area contributed by atoms with Crippen LogP contribution in [0.3, 0.4) is 0 Å². The van der Waals surface area contributed by atoms with E-state index in [0.29, 0.717) is 13.1 Å². The molecule has 3 rings (SSSR count). The Balaban J connectivity index is 1.53. The van der Waals surface area contributed by atoms with Gasteiger partial charge in [-0.05, 0) is 18.9 Å². The zero-order valence-electron chi connectivity index (χ0n) is 12.8. The first kappa shape index (κ1) is 15.9. The standard InChI is InChI=1S/C15H20N4O3S/c16-15-17-5-1-13(18-15)12-2-6-19(7-3-12)14(20)9-11-4-8-23(21,22)10-11/h1,4-5,8,11-12H,2-3,6-7,9-10H2,(H2,16,17,18). The van der Waals surface area contributed by atoms with Gasteiger partial charge in [0.25, 0.3) is 0 Å². The van der Waals surface area contributed by atoms with Crippen molar-refractivity contribution in [2.75, 3.05) is 24.6 Å². The number of piperidine rings is 1. The molecule has 124 valence electrons. The molecule has 1 amide bonds. The normalized spacial score (nSPS) is 24.0. The highest BCUT2D eigenvalue weighted by Crippen LogP contribution is 2.28. The van der Waals surface area contributed by atoms with E-state index in [9.17, 15) is 13.2 Å². The van der Waals surface area contributed by atoms with E-state index in [1.54, 1.807) is 12.3 Å². The number of likely N-dealkylation sites (tertiary alicyclic amines) is 1. The molecule has 0 spiro atoms. The number of hydrogen-bond donors (Lipinski definition) is 1. The lowest BCUT2D eigenvalue weighted by Gasteiger charge is -2.32. The quantitative estimate of drug-likeness (QED) is 0.871. The maximum absolute atomic E-state index is 12.3. The number of nitrogen functional groups attached to an aromatic ring is 1. The molecule has 1 aromatic rings. The third-order valence-electron chi connectivity index (χ3n) is 4.40. The van der Waals surface area contributed by atoms with Crippen LogP contribution in [0.1, 0.15) is 30.9 Å². The van der Waals surface area contributed by atoms with Gasteiger partial charge in [0.15, 0.2) is 9.84 Å². The number of rotatable bonds is 3. The van der Waals surface area contributed by atoms with Crippen molar-refractivity contribution in [2.24, 2.45) is 5.92 Å². The fraction of sp³-hybridized carbons (Fsp3) is 0.533. The Morgan fingerprint density at radius 3 is 2.70 bits per heavy atom. The highest BCUT2D eigenvalue weighted by molar-refractivity contribution is 7.94. The second-order valence-electron chi connectivity index (χ2n) is 6.12. The molecular formula is C15H20N4O3S. The topological polar surface area (TPSA) is 106 Å². The minimum absolute atomic E-state index is 0.0254. The minimum Gasteiger partial charge on any atom is -0.368 e. The van der Waals surface area contributed by atoms with Crippen LogP contribution in [-0.4, -0.2) is 48.0 Å². The predicted octanol–water partition coefficient (Wildman–Crippen LogP) is 0.713. The van der Waals surface area contributed by atoms with Crippen molar-refractivity contribution in [3.05, 3.63) is 29.4 Å². The smallest absolute Gasteiger partial charge is 0.223 e. The average molecular weight is 336 g/mol. The largest absolute Gasteiger partial charge is 0.368 e. The lowest BCUT2D eigenvalue weighted by Crippen LogP contribution is -2.39. The summed E-state index contributed by atoms with van der Waals surface area (Å²) in [5.74, 6) is 0.450. The number of sulfone groups is 1. The van der Waals surface area contributed by atoms with E-state index in [-0.39, 0.29) is 35.9 Å². The molecule has 0 bridgehead atoms. The maximum Gasteiger partial charge on any atom is 0.223 e. The zero-order valence-corrected chi connectivity index (χ0v) is 13.6. The van der Waals surface area contributed by atoms with Crippen LogP contribution in [0.4, 0.5) is 5.95 Å². The Labute approximate surface area is 135 Å². The molecule has 0 aromatic carbocycles. The molecule has 2 aliphatic rings. The van der Waals surface area contributed by atoms with E-state index >= 15 is 0 Å². The second-order valence-corrected chi connectivity index (χ2v) is 8.05. The van der Waals surface area contributed by atoms with Crippen molar-refractivity contribution in [1.82, 2.24) is 14.9 Å². The maximum atomic E-state index is 12.3. The summed E-state index contributed by atoms with van der Waals surface area (Å²) in [6.07, 6.45) is 5.22. The van der Waals surface area contributed by atoms with Crippen molar-refractivity contribution in [3.8, 4) is 0 Å². The Morgan fingerprint density at radius 1 is 1.35 bits per heavy atom. The lowest BCUT2D eigenvalue weighted by atomic mass is 9.93. The predicted molar refractivity (Wildman–Crippen MR) is 86.0 cm³/mol. The first-order valence-corrected chi connectivity index (χ1v) is 9.41. The van der Waals surface area contributed by atoms with Gasteiger partial charge in [0.2, 0.25) is 11.9 Å². The van der Waals surface area contributed by atoms with Crippen LogP contribution in [0.2, 0.25) is 0 Å². The highest BCUT2D eigenvalue weighted by Gasteiger charge is 2.29. The molecule has 1 unspecified atom stereocenters. The molecule has 8 heteroatoms. The number of nitrogens with zero attached hydrogens (tertiary/aromatic N) is 3. The molecule has 1 atom stereocenters. The summed E-state index contributed by atoms with van der Waals surface area (Å²) in [5.41, 5.74) is 6.54. The van der Waals surface area contributed by atoms with Gasteiger partial charge in [-0.3, -0.25) is 4.79 Å². The van der Waals surface area contributed by atoms with Crippen LogP contribution in [0.25, 0.3) is 0 Å². The molecule has 7 nitrogen and oxygen atoms in total. The number of aromatic nitrogens is 2. The second kappa shape index (κ2) is 6.27. The van der Waals surface area contributed by atoms with Crippen molar-refractivity contribution in [1.29, 1.82) is 0 Å². The van der Waals surface area contributed by atoms with Gasteiger partial charge in [-0.1, -0.05) is 6.08 Å². The minimum atomic E-state index is -3.10. The van der Waals surface area contributed by atoms with Crippen LogP contribution in [0.5, 0.6) is 0 Å². The highest BCUT2D eigenvalue weighted by atomic mass is 32.2. The van der Waals surface area contributed by atoms with Crippen molar-refractivity contribution in [2.45, 2.75) is 25.2 Å². The van der Waals surface area contributed by atoms with Gasteiger partial charge in [0.1, 0.15) is 0 Å². The monoisotopic (exact) mass is 336 g/mol. The van der Waals surface area contributed by atoms with E-state index in [1.165, 1.54) is 5.41 Å². The summed E-state index contributed by atoms with van der Waals surface area (Å²) in [7, 11) is -3.10. The molecular weight excluding hydrogens is 316 g/mol. The fourth-order valence-corrected chi connectivity index (χ4v) is 4.56. The van der Waals surface area contributed by atoms with Gasteiger partial charge in [-0.2, -0.15) is 0 Å². The molecule has 0 saturated carbocycles. The summed E-state index contributed by atoms with van der Waals surface area (Å²) in [6, 6.07) is 1.87. The zero-order chi connectivity index (χ0) is 16.4. The summed E-state index contributed by atoms with van der Waals surface area (Å²) < 4.78 is 22.8. The van der Waals surface area contributed by atoms with Gasteiger partial charge in [-0.25, -0.2) is 18.4 Å². The summed E-state index contributed by atoms with van der Waals surface area (Å²) in [5, 5.41) is 1.22. The van der Waals surface area contributed by atoms with E-state index in [4.69, 9.17) is 5.73 Å². The lowest BCUT2D eigenvalue weighted by molar-refractivity contribution is -0.132. The fourth-order valence-electron chi connectivity index (χ4n) is 3.16. The third-order valence-corrected chi connectivity index (χ3v) is 5.87. The molecule has 23 heavy (non-hydrogen) atoms. The Morgan fingerprint density at radius 2 is 2.09 bits per heavy atom. The van der Waals surface area contributed by atoms with Gasteiger partial charge >= 0.3 is 0 Å².